The molecule has 0 saturated heterocycles. The SMILES string of the molecule is CC(C)(C)C(=O)N(Cc1cccs1)c1c(-c2cccs2)[nH]c2ccccc12. The van der Waals surface area contributed by atoms with E-state index in [0.717, 1.165) is 27.2 Å². The first kappa shape index (κ1) is 18.0. The molecule has 0 radical (unpaired) electrons. The van der Waals surface area contributed by atoms with Crippen molar-refractivity contribution in [1.29, 1.82) is 0 Å². The number of hydrogen-bond acceptors (Lipinski definition) is 3. The standard InChI is InChI=1S/C22H22N2OS2/c1-22(2,3)21(25)24(14-15-8-6-12-26-15)20-16-9-4-5-10-17(16)23-19(20)18-11-7-13-27-18/h4-13,23H,14H2,1-3H3. The lowest BCUT2D eigenvalue weighted by atomic mass is 9.94. The van der Waals surface area contributed by atoms with Gasteiger partial charge in [0.05, 0.1) is 22.8 Å². The van der Waals surface area contributed by atoms with Crippen LogP contribution in [0.15, 0.2) is 59.3 Å². The summed E-state index contributed by atoms with van der Waals surface area (Å²) >= 11 is 3.37. The van der Waals surface area contributed by atoms with Crippen LogP contribution in [0.1, 0.15) is 25.6 Å². The van der Waals surface area contributed by atoms with Gasteiger partial charge in [0.2, 0.25) is 5.91 Å². The molecule has 0 aliphatic heterocycles. The van der Waals surface area contributed by atoms with E-state index in [2.05, 4.69) is 40.0 Å². The average molecular weight is 395 g/mol. The van der Waals surface area contributed by atoms with Crippen LogP contribution in [-0.4, -0.2) is 10.9 Å². The summed E-state index contributed by atoms with van der Waals surface area (Å²) in [6, 6.07) is 16.5. The molecule has 0 unspecified atom stereocenters. The molecule has 4 rings (SSSR count). The monoisotopic (exact) mass is 394 g/mol. The van der Waals surface area contributed by atoms with Gasteiger partial charge in [0.15, 0.2) is 0 Å². The van der Waals surface area contributed by atoms with Crippen LogP contribution in [-0.2, 0) is 11.3 Å². The summed E-state index contributed by atoms with van der Waals surface area (Å²) in [5, 5.41) is 5.21. The molecule has 0 atom stereocenters. The highest BCUT2D eigenvalue weighted by Gasteiger charge is 2.32. The highest BCUT2D eigenvalue weighted by molar-refractivity contribution is 7.13. The number of hydrogen-bond donors (Lipinski definition) is 1. The predicted octanol–water partition coefficient (Wildman–Crippen LogP) is 6.54. The largest absolute Gasteiger partial charge is 0.352 e. The number of carbonyl (C=O) groups excluding carboxylic acids is 1. The van der Waals surface area contributed by atoms with Crippen molar-refractivity contribution >= 4 is 45.2 Å². The van der Waals surface area contributed by atoms with Gasteiger partial charge in [-0.05, 0) is 29.0 Å². The first-order valence-corrected chi connectivity index (χ1v) is 10.7. The molecular formula is C22H22N2OS2. The summed E-state index contributed by atoms with van der Waals surface area (Å²) in [6.45, 7) is 6.53. The zero-order valence-electron chi connectivity index (χ0n) is 15.7. The number of aromatic nitrogens is 1. The molecule has 27 heavy (non-hydrogen) atoms. The smallest absolute Gasteiger partial charge is 0.232 e. The Morgan fingerprint density at radius 3 is 2.41 bits per heavy atom. The maximum absolute atomic E-state index is 13.5. The summed E-state index contributed by atoms with van der Waals surface area (Å²) in [5.74, 6) is 0.124. The van der Waals surface area contributed by atoms with E-state index in [1.54, 1.807) is 22.7 Å². The van der Waals surface area contributed by atoms with Crippen LogP contribution < -0.4 is 4.90 Å². The minimum absolute atomic E-state index is 0.124. The van der Waals surface area contributed by atoms with Gasteiger partial charge in [-0.3, -0.25) is 4.79 Å². The molecule has 3 aromatic heterocycles. The molecule has 0 aliphatic rings. The second-order valence-corrected chi connectivity index (χ2v) is 9.57. The topological polar surface area (TPSA) is 36.1 Å². The Morgan fingerprint density at radius 1 is 1.00 bits per heavy atom. The molecule has 0 spiro atoms. The summed E-state index contributed by atoms with van der Waals surface area (Å²) in [6.07, 6.45) is 0. The number of H-pyrrole nitrogens is 1. The number of para-hydroxylation sites is 1. The van der Waals surface area contributed by atoms with Crippen molar-refractivity contribution in [1.82, 2.24) is 4.98 Å². The van der Waals surface area contributed by atoms with Gasteiger partial charge in [0.25, 0.3) is 0 Å². The Balaban J connectivity index is 1.94. The molecule has 3 nitrogen and oxygen atoms in total. The summed E-state index contributed by atoms with van der Waals surface area (Å²) in [7, 11) is 0. The Labute approximate surface area is 167 Å². The van der Waals surface area contributed by atoms with Crippen LogP contribution in [0.25, 0.3) is 21.5 Å². The first-order valence-electron chi connectivity index (χ1n) is 8.94. The van der Waals surface area contributed by atoms with E-state index >= 15 is 0 Å². The summed E-state index contributed by atoms with van der Waals surface area (Å²) < 4.78 is 0. The molecule has 1 amide bonds. The van der Waals surface area contributed by atoms with Crippen LogP contribution in [0.2, 0.25) is 0 Å². The van der Waals surface area contributed by atoms with Gasteiger partial charge in [-0.15, -0.1) is 22.7 Å². The molecule has 0 fully saturated rings. The van der Waals surface area contributed by atoms with Gasteiger partial charge in [0, 0.05) is 21.2 Å². The molecule has 0 saturated carbocycles. The molecule has 0 aliphatic carbocycles. The highest BCUT2D eigenvalue weighted by Crippen LogP contribution is 2.41. The number of rotatable bonds is 4. The van der Waals surface area contributed by atoms with Crippen molar-refractivity contribution in [2.75, 3.05) is 4.90 Å². The van der Waals surface area contributed by atoms with Crippen LogP contribution in [0.4, 0.5) is 5.69 Å². The second-order valence-electron chi connectivity index (χ2n) is 7.59. The van der Waals surface area contributed by atoms with Crippen LogP contribution in [0.3, 0.4) is 0 Å². The molecular weight excluding hydrogens is 372 g/mol. The fourth-order valence-electron chi connectivity index (χ4n) is 3.22. The summed E-state index contributed by atoms with van der Waals surface area (Å²) in [5.41, 5.74) is 2.57. The minimum atomic E-state index is -0.470. The fraction of sp³-hybridized carbons (Fsp3) is 0.227. The number of anilines is 1. The second kappa shape index (κ2) is 6.98. The molecule has 0 bridgehead atoms. The molecule has 4 aromatic rings. The number of amides is 1. The maximum atomic E-state index is 13.5. The lowest BCUT2D eigenvalue weighted by Crippen LogP contribution is -2.39. The number of benzene rings is 1. The lowest BCUT2D eigenvalue weighted by molar-refractivity contribution is -0.125. The Bertz CT molecular complexity index is 1050. The van der Waals surface area contributed by atoms with E-state index < -0.39 is 5.41 Å². The lowest BCUT2D eigenvalue weighted by Gasteiger charge is -2.30. The quantitative estimate of drug-likeness (QED) is 0.419. The van der Waals surface area contributed by atoms with E-state index in [1.165, 1.54) is 4.88 Å². The van der Waals surface area contributed by atoms with E-state index in [1.807, 2.05) is 49.9 Å². The van der Waals surface area contributed by atoms with Gasteiger partial charge in [-0.25, -0.2) is 0 Å². The predicted molar refractivity (Wildman–Crippen MR) is 117 cm³/mol. The summed E-state index contributed by atoms with van der Waals surface area (Å²) in [4.78, 5) is 21.3. The van der Waals surface area contributed by atoms with Gasteiger partial charge < -0.3 is 9.88 Å². The fourth-order valence-corrected chi connectivity index (χ4v) is 4.64. The van der Waals surface area contributed by atoms with Crippen molar-refractivity contribution < 1.29 is 4.79 Å². The Morgan fingerprint density at radius 2 is 1.74 bits per heavy atom. The third kappa shape index (κ3) is 3.45. The van der Waals surface area contributed by atoms with Gasteiger partial charge in [0.1, 0.15) is 0 Å². The number of thiophene rings is 2. The Hall–Kier alpha value is -2.37. The zero-order chi connectivity index (χ0) is 19.0. The third-order valence-electron chi connectivity index (χ3n) is 4.50. The van der Waals surface area contributed by atoms with Gasteiger partial charge >= 0.3 is 0 Å². The van der Waals surface area contributed by atoms with Crippen molar-refractivity contribution in [2.45, 2.75) is 27.3 Å². The maximum Gasteiger partial charge on any atom is 0.232 e. The highest BCUT2D eigenvalue weighted by atomic mass is 32.1. The first-order chi connectivity index (χ1) is 12.9. The van der Waals surface area contributed by atoms with E-state index in [-0.39, 0.29) is 5.91 Å². The van der Waals surface area contributed by atoms with Crippen LogP contribution in [0, 0.1) is 5.41 Å². The molecule has 5 heteroatoms. The number of fused-ring (bicyclic) bond motifs is 1. The number of aromatic amines is 1. The van der Waals surface area contributed by atoms with Gasteiger partial charge in [-0.1, -0.05) is 51.1 Å². The van der Waals surface area contributed by atoms with Crippen LogP contribution in [0.5, 0.6) is 0 Å². The van der Waals surface area contributed by atoms with Crippen molar-refractivity contribution in [3.8, 4) is 10.6 Å². The van der Waals surface area contributed by atoms with Gasteiger partial charge in [-0.2, -0.15) is 0 Å². The van der Waals surface area contributed by atoms with E-state index in [4.69, 9.17) is 0 Å². The number of carbonyl (C=O) groups is 1. The number of nitrogens with zero attached hydrogens (tertiary/aromatic N) is 1. The minimum Gasteiger partial charge on any atom is -0.352 e. The molecule has 138 valence electrons. The van der Waals surface area contributed by atoms with Crippen molar-refractivity contribution in [3.05, 3.63) is 64.2 Å². The van der Waals surface area contributed by atoms with Crippen molar-refractivity contribution in [3.63, 3.8) is 0 Å². The number of nitrogens with one attached hydrogen (secondary N) is 1. The Kier molecular flexibility index (Phi) is 4.66. The van der Waals surface area contributed by atoms with E-state index in [0.29, 0.717) is 6.54 Å². The zero-order valence-corrected chi connectivity index (χ0v) is 17.3. The normalized spacial score (nSPS) is 11.8. The van der Waals surface area contributed by atoms with Crippen molar-refractivity contribution in [2.24, 2.45) is 5.41 Å². The third-order valence-corrected chi connectivity index (χ3v) is 6.25. The van der Waals surface area contributed by atoms with Crippen LogP contribution >= 0.6 is 22.7 Å². The molecule has 3 heterocycles. The molecule has 1 N–H and O–H groups in total. The molecule has 1 aromatic carbocycles. The average Bonchev–Trinajstić information content (AvgIpc) is 3.37. The van der Waals surface area contributed by atoms with E-state index in [9.17, 15) is 4.79 Å².